The molecule has 3 nitrogen and oxygen atoms in total. The lowest BCUT2D eigenvalue weighted by molar-refractivity contribution is 0.183. The van der Waals surface area contributed by atoms with Crippen LogP contribution in [0, 0.1) is 17.1 Å². The number of hydrogen-bond acceptors (Lipinski definition) is 3. The second kappa shape index (κ2) is 6.09. The second-order valence-electron chi connectivity index (χ2n) is 3.76. The van der Waals surface area contributed by atoms with Gasteiger partial charge in [-0.2, -0.15) is 5.26 Å². The van der Waals surface area contributed by atoms with Crippen LogP contribution in [0.4, 0.5) is 10.1 Å². The van der Waals surface area contributed by atoms with Crippen molar-refractivity contribution in [3.63, 3.8) is 0 Å². The first-order chi connectivity index (χ1) is 7.61. The SMILES string of the molecule is CC(O)CCCNc1cc(F)cc(C#N)c1. The fourth-order valence-electron chi connectivity index (χ4n) is 1.39. The summed E-state index contributed by atoms with van der Waals surface area (Å²) in [6, 6.07) is 6.05. The number of benzene rings is 1. The van der Waals surface area contributed by atoms with Crippen molar-refractivity contribution >= 4 is 5.69 Å². The lowest BCUT2D eigenvalue weighted by Crippen LogP contribution is -2.06. The highest BCUT2D eigenvalue weighted by molar-refractivity contribution is 5.49. The normalized spacial score (nSPS) is 11.9. The zero-order chi connectivity index (χ0) is 12.0. The van der Waals surface area contributed by atoms with Crippen molar-refractivity contribution in [3.05, 3.63) is 29.6 Å². The van der Waals surface area contributed by atoms with Gasteiger partial charge < -0.3 is 10.4 Å². The van der Waals surface area contributed by atoms with Crippen LogP contribution in [0.15, 0.2) is 18.2 Å². The number of nitrogens with one attached hydrogen (secondary N) is 1. The van der Waals surface area contributed by atoms with Gasteiger partial charge in [0.15, 0.2) is 0 Å². The number of nitrogens with zero attached hydrogens (tertiary/aromatic N) is 1. The van der Waals surface area contributed by atoms with E-state index in [4.69, 9.17) is 10.4 Å². The number of nitriles is 1. The standard InChI is InChI=1S/C12H15FN2O/c1-9(16)3-2-4-15-12-6-10(8-14)5-11(13)7-12/h5-7,9,15-16H,2-4H2,1H3. The molecule has 4 heteroatoms. The number of rotatable bonds is 5. The lowest BCUT2D eigenvalue weighted by Gasteiger charge is -2.08. The minimum Gasteiger partial charge on any atom is -0.393 e. The Labute approximate surface area is 94.5 Å². The quantitative estimate of drug-likeness (QED) is 0.751. The summed E-state index contributed by atoms with van der Waals surface area (Å²) in [6.07, 6.45) is 1.19. The molecular formula is C12H15FN2O. The molecule has 16 heavy (non-hydrogen) atoms. The third kappa shape index (κ3) is 4.28. The number of aliphatic hydroxyl groups excluding tert-OH is 1. The summed E-state index contributed by atoms with van der Waals surface area (Å²) < 4.78 is 13.0. The Morgan fingerprint density at radius 3 is 2.88 bits per heavy atom. The summed E-state index contributed by atoms with van der Waals surface area (Å²) in [5.74, 6) is -0.419. The van der Waals surface area contributed by atoms with Crippen LogP contribution in [0.3, 0.4) is 0 Å². The van der Waals surface area contributed by atoms with Crippen molar-refractivity contribution < 1.29 is 9.50 Å². The average molecular weight is 222 g/mol. The molecule has 0 fully saturated rings. The Balaban J connectivity index is 2.48. The molecule has 0 radical (unpaired) electrons. The molecule has 0 saturated carbocycles. The van der Waals surface area contributed by atoms with Crippen LogP contribution >= 0.6 is 0 Å². The van der Waals surface area contributed by atoms with E-state index in [0.29, 0.717) is 24.2 Å². The predicted octanol–water partition coefficient (Wildman–Crippen LogP) is 2.27. The van der Waals surface area contributed by atoms with Crippen LogP contribution < -0.4 is 5.32 Å². The minimum absolute atomic E-state index is 0.304. The van der Waals surface area contributed by atoms with E-state index in [9.17, 15) is 4.39 Å². The van der Waals surface area contributed by atoms with Gasteiger partial charge in [0.1, 0.15) is 5.82 Å². The van der Waals surface area contributed by atoms with E-state index < -0.39 is 5.82 Å². The van der Waals surface area contributed by atoms with Crippen LogP contribution in [0.25, 0.3) is 0 Å². The topological polar surface area (TPSA) is 56.0 Å². The molecule has 1 unspecified atom stereocenters. The van der Waals surface area contributed by atoms with Crippen LogP contribution in [0.1, 0.15) is 25.3 Å². The molecule has 1 aromatic carbocycles. The molecule has 0 aliphatic carbocycles. The van der Waals surface area contributed by atoms with Gasteiger partial charge in [0, 0.05) is 12.2 Å². The molecule has 86 valence electrons. The summed E-state index contributed by atoms with van der Waals surface area (Å²) in [4.78, 5) is 0. The van der Waals surface area contributed by atoms with Gasteiger partial charge in [-0.25, -0.2) is 4.39 Å². The molecular weight excluding hydrogens is 207 g/mol. The Morgan fingerprint density at radius 1 is 1.50 bits per heavy atom. The molecule has 0 aromatic heterocycles. The number of anilines is 1. The summed E-state index contributed by atoms with van der Waals surface area (Å²) in [6.45, 7) is 2.38. The highest BCUT2D eigenvalue weighted by atomic mass is 19.1. The summed E-state index contributed by atoms with van der Waals surface area (Å²) in [5.41, 5.74) is 0.903. The largest absolute Gasteiger partial charge is 0.393 e. The zero-order valence-electron chi connectivity index (χ0n) is 9.20. The average Bonchev–Trinajstić information content (AvgIpc) is 2.23. The Hall–Kier alpha value is -1.60. The van der Waals surface area contributed by atoms with Gasteiger partial charge in [-0.1, -0.05) is 0 Å². The van der Waals surface area contributed by atoms with Crippen LogP contribution in [-0.2, 0) is 0 Å². The van der Waals surface area contributed by atoms with Crippen molar-refractivity contribution in [2.24, 2.45) is 0 Å². The molecule has 0 bridgehead atoms. The Bertz CT molecular complexity index is 385. The fraction of sp³-hybridized carbons (Fsp3) is 0.417. The monoisotopic (exact) mass is 222 g/mol. The van der Waals surface area contributed by atoms with Gasteiger partial charge in [-0.05, 0) is 38.0 Å². The summed E-state index contributed by atoms with van der Waals surface area (Å²) in [7, 11) is 0. The van der Waals surface area contributed by atoms with Gasteiger partial charge in [0.05, 0.1) is 17.7 Å². The molecule has 0 saturated heterocycles. The molecule has 1 rings (SSSR count). The van der Waals surface area contributed by atoms with Crippen molar-refractivity contribution in [1.29, 1.82) is 5.26 Å². The van der Waals surface area contributed by atoms with Crippen LogP contribution in [0.5, 0.6) is 0 Å². The van der Waals surface area contributed by atoms with Gasteiger partial charge in [0.2, 0.25) is 0 Å². The molecule has 0 heterocycles. The molecule has 0 spiro atoms. The van der Waals surface area contributed by atoms with Gasteiger partial charge in [-0.15, -0.1) is 0 Å². The first-order valence-electron chi connectivity index (χ1n) is 5.24. The minimum atomic E-state index is -0.419. The predicted molar refractivity (Wildman–Crippen MR) is 60.5 cm³/mol. The molecule has 1 aromatic rings. The maximum Gasteiger partial charge on any atom is 0.126 e. The highest BCUT2D eigenvalue weighted by Gasteiger charge is 2.00. The first-order valence-corrected chi connectivity index (χ1v) is 5.24. The van der Waals surface area contributed by atoms with Gasteiger partial charge >= 0.3 is 0 Å². The van der Waals surface area contributed by atoms with Crippen molar-refractivity contribution in [3.8, 4) is 6.07 Å². The summed E-state index contributed by atoms with van der Waals surface area (Å²) >= 11 is 0. The van der Waals surface area contributed by atoms with E-state index >= 15 is 0 Å². The molecule has 0 aliphatic rings. The molecule has 0 amide bonds. The van der Waals surface area contributed by atoms with E-state index in [1.165, 1.54) is 12.1 Å². The van der Waals surface area contributed by atoms with E-state index in [-0.39, 0.29) is 6.10 Å². The highest BCUT2D eigenvalue weighted by Crippen LogP contribution is 2.13. The van der Waals surface area contributed by atoms with Gasteiger partial charge in [-0.3, -0.25) is 0 Å². The lowest BCUT2D eigenvalue weighted by atomic mass is 10.2. The van der Waals surface area contributed by atoms with E-state index in [1.54, 1.807) is 13.0 Å². The van der Waals surface area contributed by atoms with Crippen molar-refractivity contribution in [2.45, 2.75) is 25.9 Å². The van der Waals surface area contributed by atoms with E-state index in [2.05, 4.69) is 5.32 Å². The van der Waals surface area contributed by atoms with Crippen molar-refractivity contribution in [1.82, 2.24) is 0 Å². The number of hydrogen-bond donors (Lipinski definition) is 2. The fourth-order valence-corrected chi connectivity index (χ4v) is 1.39. The van der Waals surface area contributed by atoms with Crippen molar-refractivity contribution in [2.75, 3.05) is 11.9 Å². The number of halogens is 1. The number of aliphatic hydroxyl groups is 1. The molecule has 2 N–H and O–H groups in total. The van der Waals surface area contributed by atoms with Crippen LogP contribution in [0.2, 0.25) is 0 Å². The maximum atomic E-state index is 13.0. The summed E-state index contributed by atoms with van der Waals surface area (Å²) in [5, 5.41) is 20.7. The third-order valence-corrected chi connectivity index (χ3v) is 2.15. The Kier molecular flexibility index (Phi) is 4.74. The zero-order valence-corrected chi connectivity index (χ0v) is 9.20. The van der Waals surface area contributed by atoms with Gasteiger partial charge in [0.25, 0.3) is 0 Å². The maximum absolute atomic E-state index is 13.0. The molecule has 0 aliphatic heterocycles. The Morgan fingerprint density at radius 2 is 2.25 bits per heavy atom. The van der Waals surface area contributed by atoms with Crippen LogP contribution in [-0.4, -0.2) is 17.8 Å². The smallest absolute Gasteiger partial charge is 0.126 e. The van der Waals surface area contributed by atoms with E-state index in [1.807, 2.05) is 6.07 Å². The third-order valence-electron chi connectivity index (χ3n) is 2.15. The van der Waals surface area contributed by atoms with E-state index in [0.717, 1.165) is 6.42 Å². The molecule has 1 atom stereocenters. The first kappa shape index (κ1) is 12.5. The second-order valence-corrected chi connectivity index (χ2v) is 3.76.